The Morgan fingerprint density at radius 3 is 2.52 bits per heavy atom. The van der Waals surface area contributed by atoms with Gasteiger partial charge in [-0.1, -0.05) is 12.1 Å². The number of hydrogen-bond donors (Lipinski definition) is 2. The van der Waals surface area contributed by atoms with Gasteiger partial charge in [0.05, 0.1) is 11.3 Å². The predicted molar refractivity (Wildman–Crippen MR) is 86.8 cm³/mol. The summed E-state index contributed by atoms with van der Waals surface area (Å²) in [5, 5.41) is 11.9. The van der Waals surface area contributed by atoms with Crippen molar-refractivity contribution < 1.29 is 14.7 Å². The number of benzene rings is 1. The average Bonchev–Trinajstić information content (AvgIpc) is 2.36. The number of carbonyl (C=O) groups is 2. The number of nitrogens with one attached hydrogen (secondary N) is 1. The quantitative estimate of drug-likeness (QED) is 0.803. The molecule has 1 aromatic rings. The predicted octanol–water partition coefficient (Wildman–Crippen LogP) is 3.97. The van der Waals surface area contributed by atoms with Crippen molar-refractivity contribution in [3.05, 3.63) is 40.9 Å². The molecule has 0 saturated carbocycles. The fraction of sp³-hybridized carbons (Fsp3) is 0.333. The van der Waals surface area contributed by atoms with E-state index in [1.54, 1.807) is 23.1 Å². The third-order valence-corrected chi connectivity index (χ3v) is 3.50. The first-order valence-electron chi connectivity index (χ1n) is 6.39. The summed E-state index contributed by atoms with van der Waals surface area (Å²) in [5.41, 5.74) is -0.137. The minimum Gasteiger partial charge on any atom is -0.478 e. The van der Waals surface area contributed by atoms with Crippen LogP contribution in [-0.4, -0.2) is 34.1 Å². The highest BCUT2D eigenvalue weighted by molar-refractivity contribution is 9.10. The van der Waals surface area contributed by atoms with Gasteiger partial charge in [-0.2, -0.15) is 0 Å². The van der Waals surface area contributed by atoms with Crippen LogP contribution in [0.5, 0.6) is 0 Å². The van der Waals surface area contributed by atoms with Gasteiger partial charge in [0.2, 0.25) is 0 Å². The molecule has 0 unspecified atom stereocenters. The second kappa shape index (κ2) is 6.76. The van der Waals surface area contributed by atoms with Gasteiger partial charge in [0, 0.05) is 16.6 Å². The summed E-state index contributed by atoms with van der Waals surface area (Å²) in [6, 6.07) is 4.35. The normalized spacial score (nSPS) is 10.9. The number of carboxylic acids is 1. The number of nitrogens with zero attached hydrogens (tertiary/aromatic N) is 1. The molecule has 0 saturated heterocycles. The van der Waals surface area contributed by atoms with E-state index >= 15 is 0 Å². The molecule has 0 atom stereocenters. The molecule has 0 aliphatic heterocycles. The fourth-order valence-corrected chi connectivity index (χ4v) is 2.26. The zero-order valence-electron chi connectivity index (χ0n) is 12.3. The van der Waals surface area contributed by atoms with Crippen LogP contribution in [0.3, 0.4) is 0 Å². The van der Waals surface area contributed by atoms with Gasteiger partial charge in [0.25, 0.3) is 0 Å². The highest BCUT2D eigenvalue weighted by Crippen LogP contribution is 2.27. The Labute approximate surface area is 132 Å². The minimum atomic E-state index is -1.10. The first kappa shape index (κ1) is 17.2. The van der Waals surface area contributed by atoms with E-state index in [4.69, 9.17) is 0 Å². The molecule has 114 valence electrons. The maximum absolute atomic E-state index is 12.4. The first-order chi connectivity index (χ1) is 9.68. The van der Waals surface area contributed by atoms with Crippen molar-refractivity contribution in [1.82, 2.24) is 4.90 Å². The number of aromatic carboxylic acids is 1. The number of hydrogen-bond acceptors (Lipinski definition) is 2. The van der Waals surface area contributed by atoms with Gasteiger partial charge in [-0.05, 0) is 48.8 Å². The fourth-order valence-electron chi connectivity index (χ4n) is 1.79. The minimum absolute atomic E-state index is 0.0326. The third-order valence-electron chi connectivity index (χ3n) is 2.84. The molecule has 0 heterocycles. The van der Waals surface area contributed by atoms with Crippen LogP contribution in [-0.2, 0) is 0 Å². The van der Waals surface area contributed by atoms with E-state index in [1.807, 2.05) is 20.8 Å². The molecular formula is C15H19BrN2O3. The number of carbonyl (C=O) groups excluding carboxylic acids is 1. The zero-order chi connectivity index (χ0) is 16.2. The molecule has 0 spiro atoms. The van der Waals surface area contributed by atoms with Gasteiger partial charge in [0.15, 0.2) is 0 Å². The van der Waals surface area contributed by atoms with Gasteiger partial charge in [-0.15, -0.1) is 6.58 Å². The van der Waals surface area contributed by atoms with E-state index in [0.717, 1.165) is 0 Å². The summed E-state index contributed by atoms with van der Waals surface area (Å²) in [4.78, 5) is 25.3. The summed E-state index contributed by atoms with van der Waals surface area (Å²) < 4.78 is 0.517. The van der Waals surface area contributed by atoms with Gasteiger partial charge in [-0.3, -0.25) is 0 Å². The van der Waals surface area contributed by atoms with Gasteiger partial charge in [0.1, 0.15) is 0 Å². The maximum atomic E-state index is 12.4. The largest absolute Gasteiger partial charge is 0.478 e. The Hall–Kier alpha value is -1.82. The lowest BCUT2D eigenvalue weighted by Gasteiger charge is -2.35. The Kier molecular flexibility index (Phi) is 5.54. The lowest BCUT2D eigenvalue weighted by molar-refractivity contribution is 0.0698. The number of anilines is 1. The summed E-state index contributed by atoms with van der Waals surface area (Å²) in [6.07, 6.45) is 1.63. The number of urea groups is 1. The van der Waals surface area contributed by atoms with Crippen molar-refractivity contribution in [2.45, 2.75) is 26.3 Å². The number of para-hydroxylation sites is 1. The lowest BCUT2D eigenvalue weighted by Crippen LogP contribution is -2.47. The van der Waals surface area contributed by atoms with Crippen molar-refractivity contribution in [3.63, 3.8) is 0 Å². The first-order valence-corrected chi connectivity index (χ1v) is 7.19. The van der Waals surface area contributed by atoms with Crippen LogP contribution in [0.15, 0.2) is 35.3 Å². The van der Waals surface area contributed by atoms with Crippen LogP contribution in [0.1, 0.15) is 31.1 Å². The molecule has 1 rings (SSSR count). The molecule has 6 heteroatoms. The second-order valence-electron chi connectivity index (χ2n) is 5.47. The van der Waals surface area contributed by atoms with Crippen LogP contribution >= 0.6 is 15.9 Å². The van der Waals surface area contributed by atoms with E-state index in [0.29, 0.717) is 11.0 Å². The average molecular weight is 355 g/mol. The number of halogens is 1. The van der Waals surface area contributed by atoms with E-state index in [2.05, 4.69) is 27.8 Å². The van der Waals surface area contributed by atoms with Crippen LogP contribution in [0.25, 0.3) is 0 Å². The molecule has 2 N–H and O–H groups in total. The topological polar surface area (TPSA) is 69.6 Å². The maximum Gasteiger partial charge on any atom is 0.337 e. The monoisotopic (exact) mass is 354 g/mol. The zero-order valence-corrected chi connectivity index (χ0v) is 13.9. The molecule has 0 aromatic heterocycles. The summed E-state index contributed by atoms with van der Waals surface area (Å²) in [5.74, 6) is -1.10. The summed E-state index contributed by atoms with van der Waals surface area (Å²) in [6.45, 7) is 9.70. The van der Waals surface area contributed by atoms with Crippen molar-refractivity contribution in [1.29, 1.82) is 0 Å². The molecule has 1 aromatic carbocycles. The second-order valence-corrected chi connectivity index (χ2v) is 6.32. The van der Waals surface area contributed by atoms with Crippen LogP contribution < -0.4 is 5.32 Å². The van der Waals surface area contributed by atoms with E-state index in [-0.39, 0.29) is 17.3 Å². The van der Waals surface area contributed by atoms with Gasteiger partial charge >= 0.3 is 12.0 Å². The molecule has 0 aliphatic rings. The Bertz CT molecular complexity index is 565. The smallest absolute Gasteiger partial charge is 0.337 e. The van der Waals surface area contributed by atoms with E-state index in [9.17, 15) is 14.7 Å². The van der Waals surface area contributed by atoms with Gasteiger partial charge in [-0.25, -0.2) is 9.59 Å². The van der Waals surface area contributed by atoms with Crippen molar-refractivity contribution in [2.75, 3.05) is 11.9 Å². The SMILES string of the molecule is C=CCN(C(=O)Nc1c(Br)cccc1C(=O)O)C(C)(C)C. The number of amides is 2. The molecule has 2 amide bonds. The van der Waals surface area contributed by atoms with Crippen LogP contribution in [0.4, 0.5) is 10.5 Å². The third kappa shape index (κ3) is 4.32. The lowest BCUT2D eigenvalue weighted by atomic mass is 10.1. The molecular weight excluding hydrogens is 336 g/mol. The Morgan fingerprint density at radius 2 is 2.05 bits per heavy atom. The molecule has 0 fully saturated rings. The van der Waals surface area contributed by atoms with Crippen LogP contribution in [0, 0.1) is 0 Å². The summed E-state index contributed by atoms with van der Waals surface area (Å²) >= 11 is 3.27. The number of rotatable bonds is 4. The molecule has 0 bridgehead atoms. The van der Waals surface area contributed by atoms with Crippen LogP contribution in [0.2, 0.25) is 0 Å². The van der Waals surface area contributed by atoms with Crippen molar-refractivity contribution in [2.24, 2.45) is 0 Å². The van der Waals surface area contributed by atoms with E-state index in [1.165, 1.54) is 6.07 Å². The highest BCUT2D eigenvalue weighted by Gasteiger charge is 2.26. The Balaban J connectivity index is 3.13. The summed E-state index contributed by atoms with van der Waals surface area (Å²) in [7, 11) is 0. The van der Waals surface area contributed by atoms with Gasteiger partial charge < -0.3 is 15.3 Å². The van der Waals surface area contributed by atoms with Crippen molar-refractivity contribution in [3.8, 4) is 0 Å². The molecule has 5 nitrogen and oxygen atoms in total. The molecule has 0 radical (unpaired) electrons. The standard InChI is InChI=1S/C15H19BrN2O3/c1-5-9-18(15(2,3)4)14(21)17-12-10(13(19)20)7-6-8-11(12)16/h5-8H,1,9H2,2-4H3,(H,17,21)(H,19,20). The Morgan fingerprint density at radius 1 is 1.43 bits per heavy atom. The molecule has 0 aliphatic carbocycles. The van der Waals surface area contributed by atoms with E-state index < -0.39 is 11.5 Å². The number of carboxylic acid groups (broad SMARTS) is 1. The van der Waals surface area contributed by atoms with Crippen molar-refractivity contribution >= 4 is 33.6 Å². The molecule has 21 heavy (non-hydrogen) atoms. The highest BCUT2D eigenvalue weighted by atomic mass is 79.9.